The second kappa shape index (κ2) is 5.55. The zero-order valence-corrected chi connectivity index (χ0v) is 13.4. The second-order valence-electron chi connectivity index (χ2n) is 7.12. The van der Waals surface area contributed by atoms with Gasteiger partial charge in [-0.05, 0) is 46.9 Å². The van der Waals surface area contributed by atoms with E-state index in [1.54, 1.807) is 0 Å². The lowest BCUT2D eigenvalue weighted by molar-refractivity contribution is 0.588. The van der Waals surface area contributed by atoms with E-state index in [0.29, 0.717) is 0 Å². The van der Waals surface area contributed by atoms with Crippen LogP contribution in [0.4, 0.5) is 5.69 Å². The first-order chi connectivity index (χ1) is 10.0. The van der Waals surface area contributed by atoms with Gasteiger partial charge >= 0.3 is 0 Å². The van der Waals surface area contributed by atoms with Crippen LogP contribution in [0, 0.1) is 0 Å². The lowest BCUT2D eigenvalue weighted by Crippen LogP contribution is -2.20. The summed E-state index contributed by atoms with van der Waals surface area (Å²) in [5.41, 5.74) is 7.37. The van der Waals surface area contributed by atoms with Crippen LogP contribution in [-0.4, -0.2) is 6.54 Å². The number of anilines is 1. The maximum atomic E-state index is 3.63. The molecule has 0 atom stereocenters. The molecule has 0 unspecified atom stereocenters. The van der Waals surface area contributed by atoms with E-state index in [1.807, 2.05) is 0 Å². The minimum absolute atomic E-state index is 0.182. The van der Waals surface area contributed by atoms with Crippen molar-refractivity contribution in [1.29, 1.82) is 0 Å². The molecule has 0 fully saturated rings. The highest BCUT2D eigenvalue weighted by molar-refractivity contribution is 5.63. The molecule has 1 heteroatoms. The van der Waals surface area contributed by atoms with E-state index in [1.165, 1.54) is 40.8 Å². The van der Waals surface area contributed by atoms with Gasteiger partial charge in [0.15, 0.2) is 0 Å². The van der Waals surface area contributed by atoms with Gasteiger partial charge in [0.25, 0.3) is 0 Å². The van der Waals surface area contributed by atoms with Crippen LogP contribution in [0.15, 0.2) is 42.5 Å². The Labute approximate surface area is 128 Å². The molecule has 0 saturated heterocycles. The molecular weight excluding hydrogens is 254 g/mol. The number of hydrogen-bond donors (Lipinski definition) is 1. The smallest absolute Gasteiger partial charge is 0.0410 e. The highest BCUT2D eigenvalue weighted by Crippen LogP contribution is 2.36. The van der Waals surface area contributed by atoms with Crippen molar-refractivity contribution in [3.05, 3.63) is 64.7 Å². The van der Waals surface area contributed by atoms with E-state index in [2.05, 4.69) is 68.6 Å². The highest BCUT2D eigenvalue weighted by Gasteiger charge is 2.22. The fraction of sp³-hybridized carbons (Fsp3) is 0.400. The Morgan fingerprint density at radius 2 is 1.76 bits per heavy atom. The summed E-state index contributed by atoms with van der Waals surface area (Å²) in [6.45, 7) is 8.04. The van der Waals surface area contributed by atoms with Crippen molar-refractivity contribution in [2.24, 2.45) is 0 Å². The van der Waals surface area contributed by atoms with Crippen LogP contribution in [-0.2, 0) is 18.3 Å². The number of hydrogen-bond acceptors (Lipinski definition) is 1. The summed E-state index contributed by atoms with van der Waals surface area (Å²) in [6, 6.07) is 15.6. The first-order valence-electron chi connectivity index (χ1n) is 7.98. The highest BCUT2D eigenvalue weighted by atomic mass is 14.9. The Balaban J connectivity index is 2.02. The first kappa shape index (κ1) is 14.2. The summed E-state index contributed by atoms with van der Waals surface area (Å²) < 4.78 is 0. The summed E-state index contributed by atoms with van der Waals surface area (Å²) in [6.07, 6.45) is 3.47. The average Bonchev–Trinajstić information content (AvgIpc) is 2.46. The number of fused-ring (bicyclic) bond motifs is 1. The third kappa shape index (κ3) is 3.12. The monoisotopic (exact) mass is 279 g/mol. The van der Waals surface area contributed by atoms with Crippen LogP contribution in [0.5, 0.6) is 0 Å². The van der Waals surface area contributed by atoms with Crippen LogP contribution in [0.25, 0.3) is 0 Å². The Hall–Kier alpha value is -1.76. The standard InChI is InChI=1S/C20H25N/c1-20(2,3)18-14-16(12-15-8-5-4-6-9-15)13-17-10-7-11-21-19(17)18/h4-6,8-9,13-14,21H,7,10-12H2,1-3H3. The van der Waals surface area contributed by atoms with Crippen LogP contribution in [0.3, 0.4) is 0 Å². The average molecular weight is 279 g/mol. The molecule has 0 aliphatic carbocycles. The predicted molar refractivity (Wildman–Crippen MR) is 91.2 cm³/mol. The molecule has 0 bridgehead atoms. The van der Waals surface area contributed by atoms with Gasteiger partial charge in [-0.2, -0.15) is 0 Å². The quantitative estimate of drug-likeness (QED) is 0.821. The van der Waals surface area contributed by atoms with Crippen molar-refractivity contribution in [1.82, 2.24) is 0 Å². The molecular formula is C20H25N. The van der Waals surface area contributed by atoms with E-state index in [-0.39, 0.29) is 5.41 Å². The first-order valence-corrected chi connectivity index (χ1v) is 7.98. The summed E-state index contributed by atoms with van der Waals surface area (Å²) >= 11 is 0. The zero-order chi connectivity index (χ0) is 14.9. The molecule has 1 aliphatic heterocycles. The minimum atomic E-state index is 0.182. The molecule has 21 heavy (non-hydrogen) atoms. The Morgan fingerprint density at radius 1 is 1.00 bits per heavy atom. The Bertz CT molecular complexity index is 620. The Morgan fingerprint density at radius 3 is 2.48 bits per heavy atom. The van der Waals surface area contributed by atoms with E-state index in [9.17, 15) is 0 Å². The third-order valence-electron chi connectivity index (χ3n) is 4.26. The molecule has 1 N–H and O–H groups in total. The maximum absolute atomic E-state index is 3.63. The molecule has 1 heterocycles. The van der Waals surface area contributed by atoms with Gasteiger partial charge in [0.05, 0.1) is 0 Å². The van der Waals surface area contributed by atoms with Crippen LogP contribution in [0.2, 0.25) is 0 Å². The van der Waals surface area contributed by atoms with Gasteiger partial charge in [-0.25, -0.2) is 0 Å². The topological polar surface area (TPSA) is 12.0 Å². The normalized spacial score (nSPS) is 14.4. The zero-order valence-electron chi connectivity index (χ0n) is 13.4. The maximum Gasteiger partial charge on any atom is 0.0410 e. The summed E-state index contributed by atoms with van der Waals surface area (Å²) in [5.74, 6) is 0. The third-order valence-corrected chi connectivity index (χ3v) is 4.26. The van der Waals surface area contributed by atoms with E-state index in [0.717, 1.165) is 13.0 Å². The molecule has 1 nitrogen and oxygen atoms in total. The van der Waals surface area contributed by atoms with Crippen molar-refractivity contribution in [3.8, 4) is 0 Å². The molecule has 3 rings (SSSR count). The lowest BCUT2D eigenvalue weighted by Gasteiger charge is -2.29. The van der Waals surface area contributed by atoms with Gasteiger partial charge in [0, 0.05) is 12.2 Å². The number of aryl methyl sites for hydroxylation is 1. The van der Waals surface area contributed by atoms with Crippen LogP contribution < -0.4 is 5.32 Å². The molecule has 0 aromatic heterocycles. The van der Waals surface area contributed by atoms with Gasteiger partial charge in [-0.15, -0.1) is 0 Å². The van der Waals surface area contributed by atoms with Crippen molar-refractivity contribution >= 4 is 5.69 Å². The largest absolute Gasteiger partial charge is 0.385 e. The Kier molecular flexibility index (Phi) is 3.75. The molecule has 2 aromatic rings. The van der Waals surface area contributed by atoms with Gasteiger partial charge in [0.2, 0.25) is 0 Å². The summed E-state index contributed by atoms with van der Waals surface area (Å²) in [5, 5.41) is 3.63. The van der Waals surface area contributed by atoms with Crippen molar-refractivity contribution in [2.45, 2.75) is 45.4 Å². The second-order valence-corrected chi connectivity index (χ2v) is 7.12. The summed E-state index contributed by atoms with van der Waals surface area (Å²) in [7, 11) is 0. The molecule has 110 valence electrons. The fourth-order valence-corrected chi connectivity index (χ4v) is 3.19. The van der Waals surface area contributed by atoms with Crippen LogP contribution >= 0.6 is 0 Å². The predicted octanol–water partition coefficient (Wildman–Crippen LogP) is 4.93. The van der Waals surface area contributed by atoms with Crippen molar-refractivity contribution in [2.75, 3.05) is 11.9 Å². The van der Waals surface area contributed by atoms with Gasteiger partial charge < -0.3 is 5.32 Å². The van der Waals surface area contributed by atoms with E-state index >= 15 is 0 Å². The van der Waals surface area contributed by atoms with E-state index < -0.39 is 0 Å². The van der Waals surface area contributed by atoms with Gasteiger partial charge in [-0.1, -0.05) is 63.2 Å². The van der Waals surface area contributed by atoms with Gasteiger partial charge in [-0.3, -0.25) is 0 Å². The SMILES string of the molecule is CC(C)(C)c1cc(Cc2ccccc2)cc2c1NCCC2. The number of rotatable bonds is 2. The molecule has 2 aromatic carbocycles. The van der Waals surface area contributed by atoms with Crippen molar-refractivity contribution < 1.29 is 0 Å². The minimum Gasteiger partial charge on any atom is -0.385 e. The molecule has 0 radical (unpaired) electrons. The number of nitrogens with one attached hydrogen (secondary N) is 1. The molecule has 0 saturated carbocycles. The molecule has 1 aliphatic rings. The number of benzene rings is 2. The summed E-state index contributed by atoms with van der Waals surface area (Å²) in [4.78, 5) is 0. The molecule has 0 amide bonds. The molecule has 0 spiro atoms. The van der Waals surface area contributed by atoms with Crippen LogP contribution in [0.1, 0.15) is 49.4 Å². The van der Waals surface area contributed by atoms with E-state index in [4.69, 9.17) is 0 Å². The van der Waals surface area contributed by atoms with Gasteiger partial charge in [0.1, 0.15) is 0 Å². The fourth-order valence-electron chi connectivity index (χ4n) is 3.19. The lowest BCUT2D eigenvalue weighted by atomic mass is 9.81. The van der Waals surface area contributed by atoms with Crippen molar-refractivity contribution in [3.63, 3.8) is 0 Å².